The zero-order chi connectivity index (χ0) is 15.6. The van der Waals surface area contributed by atoms with E-state index in [1.165, 1.54) is 20.0 Å². The molecule has 2 N–H and O–H groups in total. The number of rotatable bonds is 3. The van der Waals surface area contributed by atoms with Gasteiger partial charge in [-0.2, -0.15) is 0 Å². The first-order chi connectivity index (χ1) is 9.93. The SMILES string of the molecule is COC(=O)c1cc(N2CCC(C(C)C)CC2)cc(C)c1N. The van der Waals surface area contributed by atoms with Crippen molar-refractivity contribution in [3.8, 4) is 0 Å². The topological polar surface area (TPSA) is 55.6 Å². The van der Waals surface area contributed by atoms with Crippen LogP contribution in [0, 0.1) is 18.8 Å². The molecule has 0 aliphatic carbocycles. The molecule has 0 spiro atoms. The van der Waals surface area contributed by atoms with Gasteiger partial charge >= 0.3 is 5.97 Å². The Bertz CT molecular complexity index is 518. The molecule has 0 saturated carbocycles. The Morgan fingerprint density at radius 2 is 1.95 bits per heavy atom. The Morgan fingerprint density at radius 3 is 2.48 bits per heavy atom. The van der Waals surface area contributed by atoms with E-state index in [1.807, 2.05) is 13.0 Å². The zero-order valence-electron chi connectivity index (χ0n) is 13.5. The van der Waals surface area contributed by atoms with Gasteiger partial charge in [0.2, 0.25) is 0 Å². The van der Waals surface area contributed by atoms with Gasteiger partial charge in [0.1, 0.15) is 0 Å². The predicted molar refractivity (Wildman–Crippen MR) is 86.7 cm³/mol. The number of carbonyl (C=O) groups is 1. The molecule has 0 radical (unpaired) electrons. The van der Waals surface area contributed by atoms with E-state index in [9.17, 15) is 4.79 Å². The van der Waals surface area contributed by atoms with Crippen molar-refractivity contribution in [2.75, 3.05) is 30.8 Å². The van der Waals surface area contributed by atoms with Crippen molar-refractivity contribution >= 4 is 17.3 Å². The lowest BCUT2D eigenvalue weighted by atomic mass is 9.86. The fourth-order valence-electron chi connectivity index (χ4n) is 3.07. The summed E-state index contributed by atoms with van der Waals surface area (Å²) in [5, 5.41) is 0. The number of nitrogens with zero attached hydrogens (tertiary/aromatic N) is 1. The average Bonchev–Trinajstić information content (AvgIpc) is 2.49. The van der Waals surface area contributed by atoms with Crippen LogP contribution in [0.3, 0.4) is 0 Å². The molecule has 1 saturated heterocycles. The minimum absolute atomic E-state index is 0.366. The monoisotopic (exact) mass is 290 g/mol. The third-order valence-corrected chi connectivity index (χ3v) is 4.62. The van der Waals surface area contributed by atoms with Crippen molar-refractivity contribution in [1.29, 1.82) is 0 Å². The molecule has 1 aliphatic heterocycles. The van der Waals surface area contributed by atoms with Crippen molar-refractivity contribution in [3.63, 3.8) is 0 Å². The summed E-state index contributed by atoms with van der Waals surface area (Å²) < 4.78 is 4.83. The van der Waals surface area contributed by atoms with Gasteiger partial charge in [0, 0.05) is 24.5 Å². The van der Waals surface area contributed by atoms with Crippen LogP contribution >= 0.6 is 0 Å². The second kappa shape index (κ2) is 6.37. The summed E-state index contributed by atoms with van der Waals surface area (Å²) in [5.74, 6) is 1.18. The van der Waals surface area contributed by atoms with Crippen molar-refractivity contribution < 1.29 is 9.53 Å². The maximum atomic E-state index is 11.8. The molecule has 1 aromatic carbocycles. The zero-order valence-corrected chi connectivity index (χ0v) is 13.5. The quantitative estimate of drug-likeness (QED) is 0.686. The third-order valence-electron chi connectivity index (χ3n) is 4.62. The minimum Gasteiger partial charge on any atom is -0.465 e. The number of ether oxygens (including phenoxy) is 1. The van der Waals surface area contributed by atoms with Crippen LogP contribution in [-0.2, 0) is 4.74 Å². The van der Waals surface area contributed by atoms with Gasteiger partial charge in [0.25, 0.3) is 0 Å². The third kappa shape index (κ3) is 3.31. The number of esters is 1. The molecule has 116 valence electrons. The molecule has 0 unspecified atom stereocenters. The van der Waals surface area contributed by atoms with Crippen molar-refractivity contribution in [1.82, 2.24) is 0 Å². The Morgan fingerprint density at radius 1 is 1.33 bits per heavy atom. The molecule has 0 atom stereocenters. The molecule has 0 bridgehead atoms. The average molecular weight is 290 g/mol. The number of nitrogens with two attached hydrogens (primary N) is 1. The summed E-state index contributed by atoms with van der Waals surface area (Å²) in [6.07, 6.45) is 2.41. The van der Waals surface area contributed by atoms with Crippen LogP contribution in [0.25, 0.3) is 0 Å². The lowest BCUT2D eigenvalue weighted by molar-refractivity contribution is 0.0602. The molecular weight excluding hydrogens is 264 g/mol. The molecule has 2 rings (SSSR count). The molecule has 1 aromatic rings. The smallest absolute Gasteiger partial charge is 0.340 e. The summed E-state index contributed by atoms with van der Waals surface area (Å²) >= 11 is 0. The summed E-state index contributed by atoms with van der Waals surface area (Å²) in [5.41, 5.74) is 8.99. The van der Waals surface area contributed by atoms with Gasteiger partial charge in [-0.25, -0.2) is 4.79 Å². The Labute approximate surface area is 127 Å². The number of benzene rings is 1. The molecule has 1 aliphatic rings. The fourth-order valence-corrected chi connectivity index (χ4v) is 3.07. The maximum Gasteiger partial charge on any atom is 0.340 e. The number of carbonyl (C=O) groups excluding carboxylic acids is 1. The summed E-state index contributed by atoms with van der Waals surface area (Å²) in [7, 11) is 1.39. The van der Waals surface area contributed by atoms with E-state index in [2.05, 4.69) is 24.8 Å². The first kappa shape index (κ1) is 15.7. The van der Waals surface area contributed by atoms with E-state index in [4.69, 9.17) is 10.5 Å². The number of piperidine rings is 1. The molecule has 0 aromatic heterocycles. The molecule has 0 amide bonds. The standard InChI is InChI=1S/C17H26N2O2/c1-11(2)13-5-7-19(8-6-13)14-9-12(3)16(18)15(10-14)17(20)21-4/h9-11,13H,5-8,18H2,1-4H3. The molecule has 1 heterocycles. The van der Waals surface area contributed by atoms with Crippen LogP contribution in [0.4, 0.5) is 11.4 Å². The number of nitrogen functional groups attached to an aromatic ring is 1. The normalized spacial score (nSPS) is 16.3. The van der Waals surface area contributed by atoms with Crippen molar-refractivity contribution in [2.45, 2.75) is 33.6 Å². The van der Waals surface area contributed by atoms with Crippen LogP contribution in [-0.4, -0.2) is 26.2 Å². The molecule has 4 heteroatoms. The van der Waals surface area contributed by atoms with Gasteiger partial charge in [0.05, 0.1) is 12.7 Å². The van der Waals surface area contributed by atoms with E-state index in [1.54, 1.807) is 0 Å². The number of anilines is 2. The van der Waals surface area contributed by atoms with E-state index >= 15 is 0 Å². The Balaban J connectivity index is 2.21. The summed E-state index contributed by atoms with van der Waals surface area (Å²) in [4.78, 5) is 14.2. The van der Waals surface area contributed by atoms with E-state index in [0.29, 0.717) is 11.3 Å². The highest BCUT2D eigenvalue weighted by atomic mass is 16.5. The lowest BCUT2D eigenvalue weighted by Gasteiger charge is -2.35. The van der Waals surface area contributed by atoms with Gasteiger partial charge in [0.15, 0.2) is 0 Å². The molecule has 1 fully saturated rings. The Kier molecular flexibility index (Phi) is 4.76. The maximum absolute atomic E-state index is 11.8. The van der Waals surface area contributed by atoms with Crippen LogP contribution in [0.2, 0.25) is 0 Å². The van der Waals surface area contributed by atoms with Gasteiger partial charge in [-0.05, 0) is 49.3 Å². The highest BCUT2D eigenvalue weighted by Gasteiger charge is 2.23. The molecule has 4 nitrogen and oxygen atoms in total. The van der Waals surface area contributed by atoms with Crippen LogP contribution in [0.1, 0.15) is 42.6 Å². The summed E-state index contributed by atoms with van der Waals surface area (Å²) in [6, 6.07) is 3.93. The number of hydrogen-bond donors (Lipinski definition) is 1. The summed E-state index contributed by atoms with van der Waals surface area (Å²) in [6.45, 7) is 8.60. The van der Waals surface area contributed by atoms with Crippen LogP contribution < -0.4 is 10.6 Å². The van der Waals surface area contributed by atoms with E-state index < -0.39 is 0 Å². The number of aryl methyl sites for hydroxylation is 1. The highest BCUT2D eigenvalue weighted by Crippen LogP contribution is 2.31. The Hall–Kier alpha value is -1.71. The highest BCUT2D eigenvalue weighted by molar-refractivity contribution is 5.97. The largest absolute Gasteiger partial charge is 0.465 e. The number of hydrogen-bond acceptors (Lipinski definition) is 4. The van der Waals surface area contributed by atoms with E-state index in [-0.39, 0.29) is 5.97 Å². The molecular formula is C17H26N2O2. The van der Waals surface area contributed by atoms with Crippen molar-refractivity contribution in [3.05, 3.63) is 23.3 Å². The first-order valence-electron chi connectivity index (χ1n) is 7.67. The molecule has 21 heavy (non-hydrogen) atoms. The lowest BCUT2D eigenvalue weighted by Crippen LogP contribution is -2.35. The van der Waals surface area contributed by atoms with Gasteiger partial charge in [-0.3, -0.25) is 0 Å². The minimum atomic E-state index is -0.366. The van der Waals surface area contributed by atoms with Crippen molar-refractivity contribution in [2.24, 2.45) is 11.8 Å². The van der Waals surface area contributed by atoms with E-state index in [0.717, 1.165) is 36.2 Å². The van der Waals surface area contributed by atoms with Gasteiger partial charge < -0.3 is 15.4 Å². The van der Waals surface area contributed by atoms with Gasteiger partial charge in [-0.15, -0.1) is 0 Å². The first-order valence-corrected chi connectivity index (χ1v) is 7.67. The number of methoxy groups -OCH3 is 1. The van der Waals surface area contributed by atoms with Crippen LogP contribution in [0.5, 0.6) is 0 Å². The van der Waals surface area contributed by atoms with Gasteiger partial charge in [-0.1, -0.05) is 13.8 Å². The second-order valence-corrected chi connectivity index (χ2v) is 6.28. The predicted octanol–water partition coefficient (Wildman–Crippen LogP) is 3.24. The second-order valence-electron chi connectivity index (χ2n) is 6.28. The van der Waals surface area contributed by atoms with Crippen LogP contribution in [0.15, 0.2) is 12.1 Å². The fraction of sp³-hybridized carbons (Fsp3) is 0.588.